The normalized spacial score (nSPS) is 23.2. The van der Waals surface area contributed by atoms with Gasteiger partial charge in [-0.15, -0.1) is 0 Å². The first-order valence-electron chi connectivity index (χ1n) is 6.41. The maximum absolute atomic E-state index is 11.9. The maximum Gasteiger partial charge on any atom is 0.313 e. The van der Waals surface area contributed by atoms with E-state index in [0.29, 0.717) is 13.2 Å². The Hall–Kier alpha value is -1.58. The highest BCUT2D eigenvalue weighted by molar-refractivity contribution is 5.78. The van der Waals surface area contributed by atoms with Crippen LogP contribution in [-0.2, 0) is 9.53 Å². The molecule has 1 fully saturated rings. The topological polar surface area (TPSA) is 42.4 Å². The van der Waals surface area contributed by atoms with Crippen molar-refractivity contribution in [3.05, 3.63) is 23.9 Å². The Kier molecular flexibility index (Phi) is 3.55. The second-order valence-corrected chi connectivity index (χ2v) is 5.09. The lowest BCUT2D eigenvalue weighted by molar-refractivity contribution is -0.153. The number of ether oxygens (including phenoxy) is 1. The molecule has 4 nitrogen and oxygen atoms in total. The molecule has 0 aromatic carbocycles. The minimum Gasteiger partial charge on any atom is -0.466 e. The summed E-state index contributed by atoms with van der Waals surface area (Å²) in [5.41, 5.74) is 0.596. The molecule has 0 saturated carbocycles. The van der Waals surface area contributed by atoms with Crippen molar-refractivity contribution >= 4 is 11.8 Å². The van der Waals surface area contributed by atoms with E-state index in [9.17, 15) is 4.79 Å². The lowest BCUT2D eigenvalue weighted by Crippen LogP contribution is -2.33. The monoisotopic (exact) mass is 248 g/mol. The first kappa shape index (κ1) is 12.9. The van der Waals surface area contributed by atoms with E-state index in [4.69, 9.17) is 4.74 Å². The van der Waals surface area contributed by atoms with E-state index in [0.717, 1.165) is 24.5 Å². The third-order valence-corrected chi connectivity index (χ3v) is 3.44. The molecule has 0 unspecified atom stereocenters. The maximum atomic E-state index is 11.9. The lowest BCUT2D eigenvalue weighted by Gasteiger charge is -2.23. The van der Waals surface area contributed by atoms with Crippen LogP contribution >= 0.6 is 0 Å². The Morgan fingerprint density at radius 1 is 1.56 bits per heavy atom. The van der Waals surface area contributed by atoms with Gasteiger partial charge in [-0.1, -0.05) is 6.07 Å². The number of anilines is 1. The fourth-order valence-electron chi connectivity index (χ4n) is 2.33. The first-order valence-corrected chi connectivity index (χ1v) is 6.41. The zero-order chi connectivity index (χ0) is 13.2. The van der Waals surface area contributed by atoms with E-state index in [1.165, 1.54) is 0 Å². The van der Waals surface area contributed by atoms with Crippen LogP contribution in [0.5, 0.6) is 0 Å². The van der Waals surface area contributed by atoms with Crippen molar-refractivity contribution in [2.45, 2.75) is 27.2 Å². The molecular weight excluding hydrogens is 228 g/mol. The first-order chi connectivity index (χ1) is 8.55. The summed E-state index contributed by atoms with van der Waals surface area (Å²) in [5.74, 6) is 0.850. The van der Waals surface area contributed by atoms with Gasteiger partial charge in [0.05, 0.1) is 12.0 Å². The summed E-state index contributed by atoms with van der Waals surface area (Å²) < 4.78 is 5.15. The molecule has 2 rings (SSSR count). The standard InChI is InChI=1S/C14H20N2O2/c1-4-18-13(17)14(3)8-9-16(10-14)12-7-5-6-11(2)15-12/h5-7H,4,8-10H2,1-3H3/t14-/m0/s1. The van der Waals surface area contributed by atoms with Gasteiger partial charge in [0.25, 0.3) is 0 Å². The molecule has 0 spiro atoms. The van der Waals surface area contributed by atoms with E-state index in [2.05, 4.69) is 9.88 Å². The average molecular weight is 248 g/mol. The highest BCUT2D eigenvalue weighted by Crippen LogP contribution is 2.33. The average Bonchev–Trinajstić information content (AvgIpc) is 2.74. The summed E-state index contributed by atoms with van der Waals surface area (Å²) in [4.78, 5) is 18.6. The fourth-order valence-corrected chi connectivity index (χ4v) is 2.33. The number of aromatic nitrogens is 1. The highest BCUT2D eigenvalue weighted by Gasteiger charge is 2.42. The fraction of sp³-hybridized carbons (Fsp3) is 0.571. The molecule has 1 aliphatic heterocycles. The molecule has 0 aliphatic carbocycles. The molecule has 1 aromatic rings. The Morgan fingerprint density at radius 3 is 3.00 bits per heavy atom. The van der Waals surface area contributed by atoms with Gasteiger partial charge < -0.3 is 9.64 Å². The van der Waals surface area contributed by atoms with Crippen molar-refractivity contribution in [3.63, 3.8) is 0 Å². The van der Waals surface area contributed by atoms with Gasteiger partial charge in [-0.25, -0.2) is 4.98 Å². The van der Waals surface area contributed by atoms with Crippen LogP contribution < -0.4 is 4.90 Å². The van der Waals surface area contributed by atoms with Crippen molar-refractivity contribution in [2.24, 2.45) is 5.41 Å². The summed E-state index contributed by atoms with van der Waals surface area (Å²) >= 11 is 0. The van der Waals surface area contributed by atoms with E-state index in [1.807, 2.05) is 39.0 Å². The second-order valence-electron chi connectivity index (χ2n) is 5.09. The number of pyridine rings is 1. The molecule has 0 radical (unpaired) electrons. The predicted octanol–water partition coefficient (Wildman–Crippen LogP) is 2.17. The summed E-state index contributed by atoms with van der Waals surface area (Å²) in [7, 11) is 0. The minimum atomic E-state index is -0.401. The Labute approximate surface area is 108 Å². The zero-order valence-electron chi connectivity index (χ0n) is 11.3. The number of esters is 1. The molecule has 1 aromatic heterocycles. The second kappa shape index (κ2) is 4.96. The van der Waals surface area contributed by atoms with Crippen LogP contribution in [-0.4, -0.2) is 30.6 Å². The summed E-state index contributed by atoms with van der Waals surface area (Å²) in [6.45, 7) is 7.77. The quantitative estimate of drug-likeness (QED) is 0.769. The number of nitrogens with zero attached hydrogens (tertiary/aromatic N) is 2. The Morgan fingerprint density at radius 2 is 2.33 bits per heavy atom. The largest absolute Gasteiger partial charge is 0.466 e. The number of carbonyl (C=O) groups excluding carboxylic acids is 1. The van der Waals surface area contributed by atoms with Crippen LogP contribution in [0, 0.1) is 12.3 Å². The third kappa shape index (κ3) is 2.47. The number of hydrogen-bond acceptors (Lipinski definition) is 4. The van der Waals surface area contributed by atoms with Crippen molar-refractivity contribution < 1.29 is 9.53 Å². The van der Waals surface area contributed by atoms with Gasteiger partial charge in [0.2, 0.25) is 0 Å². The van der Waals surface area contributed by atoms with Gasteiger partial charge in [0.15, 0.2) is 0 Å². The van der Waals surface area contributed by atoms with Gasteiger partial charge in [-0.3, -0.25) is 4.79 Å². The van der Waals surface area contributed by atoms with Crippen LogP contribution in [0.25, 0.3) is 0 Å². The van der Waals surface area contributed by atoms with Crippen LogP contribution in [0.2, 0.25) is 0 Å². The third-order valence-electron chi connectivity index (χ3n) is 3.44. The Bertz CT molecular complexity index is 447. The highest BCUT2D eigenvalue weighted by atomic mass is 16.5. The SMILES string of the molecule is CCOC(=O)[C@@]1(C)CCN(c2cccc(C)n2)C1. The van der Waals surface area contributed by atoms with Crippen LogP contribution in [0.4, 0.5) is 5.82 Å². The summed E-state index contributed by atoms with van der Waals surface area (Å²) in [6, 6.07) is 5.96. The predicted molar refractivity (Wildman–Crippen MR) is 70.5 cm³/mol. The van der Waals surface area contributed by atoms with Gasteiger partial charge >= 0.3 is 5.97 Å². The number of hydrogen-bond donors (Lipinski definition) is 0. The van der Waals surface area contributed by atoms with E-state index in [-0.39, 0.29) is 5.97 Å². The molecule has 0 N–H and O–H groups in total. The van der Waals surface area contributed by atoms with Gasteiger partial charge in [-0.05, 0) is 39.3 Å². The minimum absolute atomic E-state index is 0.0971. The molecule has 1 atom stereocenters. The molecule has 1 aliphatic rings. The summed E-state index contributed by atoms with van der Waals surface area (Å²) in [6.07, 6.45) is 0.821. The molecule has 2 heterocycles. The molecular formula is C14H20N2O2. The molecule has 98 valence electrons. The smallest absolute Gasteiger partial charge is 0.313 e. The molecule has 1 saturated heterocycles. The molecule has 0 amide bonds. The zero-order valence-corrected chi connectivity index (χ0v) is 11.3. The lowest BCUT2D eigenvalue weighted by atomic mass is 9.90. The number of carbonyl (C=O) groups is 1. The van der Waals surface area contributed by atoms with Crippen molar-refractivity contribution in [1.29, 1.82) is 0 Å². The molecule has 18 heavy (non-hydrogen) atoms. The van der Waals surface area contributed by atoms with E-state index >= 15 is 0 Å². The van der Waals surface area contributed by atoms with Gasteiger partial charge in [0, 0.05) is 18.8 Å². The molecule has 4 heteroatoms. The van der Waals surface area contributed by atoms with Crippen LogP contribution in [0.3, 0.4) is 0 Å². The summed E-state index contributed by atoms with van der Waals surface area (Å²) in [5, 5.41) is 0. The van der Waals surface area contributed by atoms with Gasteiger partial charge in [-0.2, -0.15) is 0 Å². The van der Waals surface area contributed by atoms with Crippen molar-refractivity contribution in [2.75, 3.05) is 24.6 Å². The van der Waals surface area contributed by atoms with Crippen LogP contribution in [0.1, 0.15) is 26.0 Å². The molecule has 0 bridgehead atoms. The van der Waals surface area contributed by atoms with E-state index < -0.39 is 5.41 Å². The van der Waals surface area contributed by atoms with Crippen molar-refractivity contribution in [3.8, 4) is 0 Å². The van der Waals surface area contributed by atoms with Crippen LogP contribution in [0.15, 0.2) is 18.2 Å². The Balaban J connectivity index is 2.10. The van der Waals surface area contributed by atoms with E-state index in [1.54, 1.807) is 0 Å². The van der Waals surface area contributed by atoms with Crippen molar-refractivity contribution in [1.82, 2.24) is 4.98 Å². The number of aryl methyl sites for hydroxylation is 1. The number of rotatable bonds is 3. The van der Waals surface area contributed by atoms with Gasteiger partial charge in [0.1, 0.15) is 5.82 Å².